The molecule has 0 N–H and O–H groups in total. The van der Waals surface area contributed by atoms with Crippen molar-refractivity contribution in [2.45, 2.75) is 0 Å². The first-order chi connectivity index (χ1) is 3.43. The Labute approximate surface area is 47.2 Å². The van der Waals surface area contributed by atoms with Crippen molar-refractivity contribution in [2.75, 3.05) is 0 Å². The predicted octanol–water partition coefficient (Wildman–Crippen LogP) is 1.40. The van der Waals surface area contributed by atoms with Crippen molar-refractivity contribution < 1.29 is 4.57 Å². The molecule has 36 valence electrons. The zero-order valence-electron chi connectivity index (χ0n) is 3.55. The molecule has 0 aliphatic heterocycles. The van der Waals surface area contributed by atoms with E-state index < -0.39 is 0 Å². The SMILES string of the molecule is O=[PH+]c1cccs1. The fourth-order valence-electron chi connectivity index (χ4n) is 0.337. The Hall–Kier alpha value is -0.200. The third-order valence-electron chi connectivity index (χ3n) is 0.622. The molecule has 1 rings (SSSR count). The van der Waals surface area contributed by atoms with Gasteiger partial charge in [0.05, 0.1) is 0 Å². The lowest BCUT2D eigenvalue weighted by Gasteiger charge is -1.52. The van der Waals surface area contributed by atoms with E-state index in [2.05, 4.69) is 0 Å². The lowest BCUT2D eigenvalue weighted by Crippen LogP contribution is -1.72. The maximum atomic E-state index is 10.0. The average molecular weight is 131 g/mol. The van der Waals surface area contributed by atoms with Crippen LogP contribution in [0.15, 0.2) is 17.5 Å². The second kappa shape index (κ2) is 2.20. The van der Waals surface area contributed by atoms with Gasteiger partial charge < -0.3 is 0 Å². The van der Waals surface area contributed by atoms with Crippen LogP contribution >= 0.6 is 19.8 Å². The molecule has 0 aliphatic rings. The van der Waals surface area contributed by atoms with Crippen LogP contribution in [0.5, 0.6) is 0 Å². The van der Waals surface area contributed by atoms with Crippen LogP contribution in [0.4, 0.5) is 0 Å². The Morgan fingerprint density at radius 1 is 1.71 bits per heavy atom. The largest absolute Gasteiger partial charge is 0.373 e. The summed E-state index contributed by atoms with van der Waals surface area (Å²) in [4.78, 5) is 0. The van der Waals surface area contributed by atoms with Crippen LogP contribution in [0.25, 0.3) is 0 Å². The number of hydrogen-bond acceptors (Lipinski definition) is 2. The lowest BCUT2D eigenvalue weighted by atomic mass is 10.7. The fraction of sp³-hybridized carbons (Fsp3) is 0. The molecule has 0 saturated carbocycles. The molecule has 1 atom stereocenters. The number of thiophene rings is 1. The van der Waals surface area contributed by atoms with E-state index in [1.165, 1.54) is 11.3 Å². The van der Waals surface area contributed by atoms with E-state index in [9.17, 15) is 4.57 Å². The molecule has 0 aromatic carbocycles. The topological polar surface area (TPSA) is 17.1 Å². The van der Waals surface area contributed by atoms with Gasteiger partial charge >= 0.3 is 8.46 Å². The Morgan fingerprint density at radius 2 is 2.57 bits per heavy atom. The minimum Gasteiger partial charge on any atom is -0.0967 e. The molecule has 1 unspecified atom stereocenters. The highest BCUT2D eigenvalue weighted by Crippen LogP contribution is 2.01. The van der Waals surface area contributed by atoms with Crippen LogP contribution in [0, 0.1) is 0 Å². The molecule has 0 aliphatic carbocycles. The van der Waals surface area contributed by atoms with Gasteiger partial charge in [0.2, 0.25) is 4.62 Å². The minimum atomic E-state index is -0.277. The second-order valence-electron chi connectivity index (χ2n) is 1.08. The second-order valence-corrected chi connectivity index (χ2v) is 3.13. The average Bonchev–Trinajstić information content (AvgIpc) is 2.14. The van der Waals surface area contributed by atoms with Crippen LogP contribution in [-0.2, 0) is 4.57 Å². The monoisotopic (exact) mass is 131 g/mol. The molecule has 1 aromatic rings. The summed E-state index contributed by atoms with van der Waals surface area (Å²) in [6, 6.07) is 3.75. The van der Waals surface area contributed by atoms with Gasteiger partial charge in [0.15, 0.2) is 0 Å². The number of rotatable bonds is 1. The third kappa shape index (κ3) is 1.08. The molecule has 0 saturated heterocycles. The molecule has 0 fully saturated rings. The Bertz CT molecular complexity index is 147. The van der Waals surface area contributed by atoms with Crippen LogP contribution < -0.4 is 4.62 Å². The van der Waals surface area contributed by atoms with Crippen LogP contribution in [0.2, 0.25) is 0 Å². The first-order valence-corrected chi connectivity index (χ1v) is 3.64. The molecule has 7 heavy (non-hydrogen) atoms. The summed E-state index contributed by atoms with van der Waals surface area (Å²) in [5.74, 6) is 0. The molecule has 1 heterocycles. The molecule has 0 radical (unpaired) electrons. The Kier molecular flexibility index (Phi) is 1.55. The van der Waals surface area contributed by atoms with Crippen LogP contribution in [0.3, 0.4) is 0 Å². The normalized spacial score (nSPS) is 9.71. The molecule has 0 amide bonds. The zero-order valence-corrected chi connectivity index (χ0v) is 5.37. The van der Waals surface area contributed by atoms with Gasteiger partial charge in [-0.2, -0.15) is 0 Å². The van der Waals surface area contributed by atoms with Crippen LogP contribution in [0.1, 0.15) is 0 Å². The van der Waals surface area contributed by atoms with Gasteiger partial charge in [0.1, 0.15) is 0 Å². The zero-order chi connectivity index (χ0) is 5.11. The summed E-state index contributed by atoms with van der Waals surface area (Å²) in [7, 11) is -0.277. The quantitative estimate of drug-likeness (QED) is 0.526. The smallest absolute Gasteiger partial charge is 0.0967 e. The summed E-state index contributed by atoms with van der Waals surface area (Å²) in [6.07, 6.45) is 0. The summed E-state index contributed by atoms with van der Waals surface area (Å²) in [5.41, 5.74) is 0. The van der Waals surface area contributed by atoms with Crippen molar-refractivity contribution in [3.8, 4) is 0 Å². The molecular weight excluding hydrogens is 127 g/mol. The molecule has 3 heteroatoms. The van der Waals surface area contributed by atoms with Gasteiger partial charge in [0, 0.05) is 6.07 Å². The van der Waals surface area contributed by atoms with Gasteiger partial charge in [-0.05, 0) is 11.4 Å². The van der Waals surface area contributed by atoms with Crippen molar-refractivity contribution in [3.05, 3.63) is 17.5 Å². The van der Waals surface area contributed by atoms with E-state index >= 15 is 0 Å². The maximum absolute atomic E-state index is 10.0. The van der Waals surface area contributed by atoms with Crippen molar-refractivity contribution in [1.29, 1.82) is 0 Å². The van der Waals surface area contributed by atoms with Gasteiger partial charge in [-0.3, -0.25) is 0 Å². The molecule has 1 aromatic heterocycles. The molecule has 1 nitrogen and oxygen atoms in total. The molecular formula is C4H4OPS+. The van der Waals surface area contributed by atoms with Gasteiger partial charge in [-0.1, -0.05) is 15.9 Å². The number of hydrogen-bond donors (Lipinski definition) is 0. The van der Waals surface area contributed by atoms with Crippen molar-refractivity contribution in [3.63, 3.8) is 0 Å². The van der Waals surface area contributed by atoms with Crippen molar-refractivity contribution in [2.24, 2.45) is 0 Å². The fourth-order valence-corrected chi connectivity index (χ4v) is 1.36. The van der Waals surface area contributed by atoms with Gasteiger partial charge in [0.25, 0.3) is 0 Å². The highest BCUT2D eigenvalue weighted by atomic mass is 32.1. The lowest BCUT2D eigenvalue weighted by molar-refractivity contribution is 0.603. The summed E-state index contributed by atoms with van der Waals surface area (Å²) in [6.45, 7) is 0. The van der Waals surface area contributed by atoms with E-state index in [1.807, 2.05) is 17.5 Å². The molecule has 0 bridgehead atoms. The minimum absolute atomic E-state index is 0.277. The van der Waals surface area contributed by atoms with Crippen molar-refractivity contribution >= 4 is 24.4 Å². The first-order valence-electron chi connectivity index (χ1n) is 1.85. The van der Waals surface area contributed by atoms with E-state index in [0.29, 0.717) is 0 Å². The maximum Gasteiger partial charge on any atom is 0.373 e. The summed E-state index contributed by atoms with van der Waals surface area (Å²) >= 11 is 1.52. The highest BCUT2D eigenvalue weighted by Gasteiger charge is 1.95. The third-order valence-corrected chi connectivity index (χ3v) is 2.28. The van der Waals surface area contributed by atoms with Crippen LogP contribution in [-0.4, -0.2) is 0 Å². The standard InChI is InChI=1S/C4H3OPS/c5-6-4-2-1-3-7-4/h1-3H/p+1. The summed E-state index contributed by atoms with van der Waals surface area (Å²) < 4.78 is 11.0. The first kappa shape index (κ1) is 4.95. The van der Waals surface area contributed by atoms with E-state index in [0.717, 1.165) is 4.62 Å². The Morgan fingerprint density at radius 3 is 2.86 bits per heavy atom. The van der Waals surface area contributed by atoms with Gasteiger partial charge in [-0.25, -0.2) is 0 Å². The van der Waals surface area contributed by atoms with E-state index in [1.54, 1.807) is 0 Å². The van der Waals surface area contributed by atoms with Gasteiger partial charge in [-0.15, -0.1) is 0 Å². The highest BCUT2D eigenvalue weighted by molar-refractivity contribution is 7.46. The van der Waals surface area contributed by atoms with Crippen molar-refractivity contribution in [1.82, 2.24) is 0 Å². The molecule has 0 spiro atoms. The predicted molar refractivity (Wildman–Crippen MR) is 33.0 cm³/mol. The van der Waals surface area contributed by atoms with E-state index in [4.69, 9.17) is 0 Å². The van der Waals surface area contributed by atoms with E-state index in [-0.39, 0.29) is 8.46 Å². The Balaban J connectivity index is 2.96. The summed E-state index contributed by atoms with van der Waals surface area (Å²) in [5, 5.41) is 1.92.